The van der Waals surface area contributed by atoms with Crippen LogP contribution in [0, 0.1) is 5.92 Å². The summed E-state index contributed by atoms with van der Waals surface area (Å²) in [5.74, 6) is 1.88. The molecule has 4 rings (SSSR count). The molecule has 0 amide bonds. The van der Waals surface area contributed by atoms with Gasteiger partial charge in [-0.15, -0.1) is 0 Å². The Hall–Kier alpha value is -2.35. The van der Waals surface area contributed by atoms with E-state index in [1.165, 1.54) is 29.0 Å². The Balaban J connectivity index is 1.81. The number of carbonyl (C=O) groups excluding carboxylic acids is 1. The van der Waals surface area contributed by atoms with E-state index >= 15 is 0 Å². The largest absolute Gasteiger partial charge is 0.493 e. The number of carbonyl (C=O) groups is 1. The van der Waals surface area contributed by atoms with Gasteiger partial charge in [-0.25, -0.2) is 0 Å². The van der Waals surface area contributed by atoms with Crippen molar-refractivity contribution in [1.29, 1.82) is 0 Å². The van der Waals surface area contributed by atoms with Gasteiger partial charge in [-0.1, -0.05) is 36.4 Å². The molecular weight excluding hydrogens is 284 g/mol. The first-order chi connectivity index (χ1) is 11.2. The van der Waals surface area contributed by atoms with Crippen LogP contribution in [-0.4, -0.2) is 12.4 Å². The lowest BCUT2D eigenvalue weighted by Gasteiger charge is -2.11. The summed E-state index contributed by atoms with van der Waals surface area (Å²) in [5.41, 5.74) is 1.10. The van der Waals surface area contributed by atoms with Crippen molar-refractivity contribution in [2.24, 2.45) is 5.92 Å². The van der Waals surface area contributed by atoms with Crippen LogP contribution in [-0.2, 0) is 11.2 Å². The van der Waals surface area contributed by atoms with Crippen LogP contribution >= 0.6 is 0 Å². The zero-order valence-corrected chi connectivity index (χ0v) is 13.3. The Morgan fingerprint density at radius 3 is 2.65 bits per heavy atom. The van der Waals surface area contributed by atoms with Crippen LogP contribution in [0.4, 0.5) is 0 Å². The summed E-state index contributed by atoms with van der Waals surface area (Å²) in [6, 6.07) is 16.8. The van der Waals surface area contributed by atoms with E-state index in [0.717, 1.165) is 29.2 Å². The molecule has 23 heavy (non-hydrogen) atoms. The Bertz CT molecular complexity index is 891. The van der Waals surface area contributed by atoms with Crippen LogP contribution in [0.5, 0.6) is 5.75 Å². The van der Waals surface area contributed by atoms with Crippen molar-refractivity contribution in [3.63, 3.8) is 0 Å². The number of ketones is 1. The molecule has 1 aliphatic rings. The van der Waals surface area contributed by atoms with Crippen molar-refractivity contribution in [2.45, 2.75) is 26.2 Å². The van der Waals surface area contributed by atoms with Crippen molar-refractivity contribution in [3.8, 4) is 5.75 Å². The molecule has 0 aromatic heterocycles. The summed E-state index contributed by atoms with van der Waals surface area (Å²) in [7, 11) is 0. The molecule has 116 valence electrons. The van der Waals surface area contributed by atoms with Gasteiger partial charge in [0, 0.05) is 6.42 Å². The predicted molar refractivity (Wildman–Crippen MR) is 94.1 cm³/mol. The normalized spacial score (nSPS) is 14.3. The maximum Gasteiger partial charge on any atom is 0.134 e. The molecule has 0 aliphatic heterocycles. The van der Waals surface area contributed by atoms with Gasteiger partial charge in [0.05, 0.1) is 6.61 Å². The average Bonchev–Trinajstić information content (AvgIpc) is 3.36. The zero-order chi connectivity index (χ0) is 15.8. The molecule has 2 heteroatoms. The summed E-state index contributed by atoms with van der Waals surface area (Å²) >= 11 is 0. The van der Waals surface area contributed by atoms with Crippen LogP contribution in [0.15, 0.2) is 48.5 Å². The van der Waals surface area contributed by atoms with E-state index in [4.69, 9.17) is 4.74 Å². The maximum absolute atomic E-state index is 11.5. The molecule has 0 radical (unpaired) electrons. The number of benzene rings is 3. The molecule has 1 aliphatic carbocycles. The molecule has 1 saturated carbocycles. The van der Waals surface area contributed by atoms with Gasteiger partial charge < -0.3 is 4.74 Å². The van der Waals surface area contributed by atoms with E-state index in [-0.39, 0.29) is 5.78 Å². The van der Waals surface area contributed by atoms with E-state index < -0.39 is 0 Å². The van der Waals surface area contributed by atoms with Crippen LogP contribution < -0.4 is 4.74 Å². The first-order valence-corrected chi connectivity index (χ1v) is 8.27. The first kappa shape index (κ1) is 14.3. The van der Waals surface area contributed by atoms with Crippen LogP contribution in [0.2, 0.25) is 0 Å². The third-order valence-electron chi connectivity index (χ3n) is 4.56. The lowest BCUT2D eigenvalue weighted by atomic mass is 9.96. The fraction of sp³-hybridized carbons (Fsp3) is 0.286. The molecular formula is C21H20O2. The third kappa shape index (κ3) is 2.94. The third-order valence-corrected chi connectivity index (χ3v) is 4.56. The number of ether oxygens (including phenoxy) is 1. The minimum atomic E-state index is 0.194. The SMILES string of the molecule is CC(=O)Cc1cccc2c1ccc1ccc(OCC3CC3)cc12. The quantitative estimate of drug-likeness (QED) is 0.626. The van der Waals surface area contributed by atoms with Crippen molar-refractivity contribution in [2.75, 3.05) is 6.61 Å². The molecule has 0 heterocycles. The minimum absolute atomic E-state index is 0.194. The number of fused-ring (bicyclic) bond motifs is 3. The molecule has 2 nitrogen and oxygen atoms in total. The lowest BCUT2D eigenvalue weighted by molar-refractivity contribution is -0.116. The smallest absolute Gasteiger partial charge is 0.134 e. The number of hydrogen-bond acceptors (Lipinski definition) is 2. The van der Waals surface area contributed by atoms with Gasteiger partial charge in [-0.3, -0.25) is 4.79 Å². The fourth-order valence-electron chi connectivity index (χ4n) is 3.14. The summed E-state index contributed by atoms with van der Waals surface area (Å²) in [5, 5.41) is 4.75. The molecule has 0 bridgehead atoms. The average molecular weight is 304 g/mol. The molecule has 3 aromatic carbocycles. The van der Waals surface area contributed by atoms with E-state index in [1.54, 1.807) is 6.92 Å². The summed E-state index contributed by atoms with van der Waals surface area (Å²) < 4.78 is 5.93. The molecule has 0 atom stereocenters. The van der Waals surface area contributed by atoms with Gasteiger partial charge in [0.25, 0.3) is 0 Å². The Morgan fingerprint density at radius 2 is 1.87 bits per heavy atom. The summed E-state index contributed by atoms with van der Waals surface area (Å²) in [4.78, 5) is 11.5. The second kappa shape index (κ2) is 5.69. The van der Waals surface area contributed by atoms with Crippen molar-refractivity contribution in [3.05, 3.63) is 54.1 Å². The highest BCUT2D eigenvalue weighted by molar-refractivity contribution is 6.09. The minimum Gasteiger partial charge on any atom is -0.493 e. The van der Waals surface area contributed by atoms with E-state index in [9.17, 15) is 4.79 Å². The van der Waals surface area contributed by atoms with Gasteiger partial charge in [-0.2, -0.15) is 0 Å². The molecule has 0 saturated heterocycles. The number of rotatable bonds is 5. The Labute approximate surface area is 136 Å². The van der Waals surface area contributed by atoms with Gasteiger partial charge in [0.15, 0.2) is 0 Å². The number of hydrogen-bond donors (Lipinski definition) is 0. The van der Waals surface area contributed by atoms with Crippen molar-refractivity contribution < 1.29 is 9.53 Å². The van der Waals surface area contributed by atoms with Crippen LogP contribution in [0.1, 0.15) is 25.3 Å². The van der Waals surface area contributed by atoms with Gasteiger partial charge in [-0.05, 0) is 64.9 Å². The van der Waals surface area contributed by atoms with Crippen LogP contribution in [0.3, 0.4) is 0 Å². The highest BCUT2D eigenvalue weighted by atomic mass is 16.5. The van der Waals surface area contributed by atoms with Gasteiger partial charge in [0.2, 0.25) is 0 Å². The summed E-state index contributed by atoms with van der Waals surface area (Å²) in [6.45, 7) is 2.47. The zero-order valence-electron chi connectivity index (χ0n) is 13.3. The van der Waals surface area contributed by atoms with E-state index in [2.05, 4.69) is 36.4 Å². The van der Waals surface area contributed by atoms with E-state index in [1.807, 2.05) is 12.1 Å². The standard InChI is InChI=1S/C21H20O2/c1-14(22)11-17-3-2-4-20-19(17)10-8-16-7-9-18(12-21(16)20)23-13-15-5-6-15/h2-4,7-10,12,15H,5-6,11,13H2,1H3. The lowest BCUT2D eigenvalue weighted by Crippen LogP contribution is -1.99. The van der Waals surface area contributed by atoms with Gasteiger partial charge >= 0.3 is 0 Å². The maximum atomic E-state index is 11.5. The second-order valence-corrected chi connectivity index (χ2v) is 6.59. The predicted octanol–water partition coefficient (Wildman–Crippen LogP) is 4.91. The topological polar surface area (TPSA) is 26.3 Å². The highest BCUT2D eigenvalue weighted by Gasteiger charge is 2.21. The highest BCUT2D eigenvalue weighted by Crippen LogP contribution is 2.33. The molecule has 3 aromatic rings. The Morgan fingerprint density at radius 1 is 1.04 bits per heavy atom. The monoisotopic (exact) mass is 304 g/mol. The number of Topliss-reactive ketones (excluding diaryl/α,β-unsaturated/α-hetero) is 1. The van der Waals surface area contributed by atoms with Crippen molar-refractivity contribution >= 4 is 27.3 Å². The van der Waals surface area contributed by atoms with Gasteiger partial charge in [0.1, 0.15) is 11.5 Å². The molecule has 0 spiro atoms. The first-order valence-electron chi connectivity index (χ1n) is 8.27. The molecule has 1 fully saturated rings. The Kier molecular flexibility index (Phi) is 3.53. The fourth-order valence-corrected chi connectivity index (χ4v) is 3.14. The van der Waals surface area contributed by atoms with Crippen molar-refractivity contribution in [1.82, 2.24) is 0 Å². The van der Waals surface area contributed by atoms with E-state index in [0.29, 0.717) is 6.42 Å². The molecule has 0 unspecified atom stereocenters. The second-order valence-electron chi connectivity index (χ2n) is 6.59. The summed E-state index contributed by atoms with van der Waals surface area (Å²) in [6.07, 6.45) is 3.08. The molecule has 0 N–H and O–H groups in total. The van der Waals surface area contributed by atoms with Crippen LogP contribution in [0.25, 0.3) is 21.5 Å².